The molecule has 0 aliphatic carbocycles. The van der Waals surface area contributed by atoms with E-state index < -0.39 is 9.84 Å². The van der Waals surface area contributed by atoms with Crippen LogP contribution in [0, 0.1) is 11.3 Å². The highest BCUT2D eigenvalue weighted by atomic mass is 32.2. The molecule has 0 spiro atoms. The van der Waals surface area contributed by atoms with Gasteiger partial charge in [-0.05, 0) is 12.2 Å². The Morgan fingerprint density at radius 2 is 2.23 bits per heavy atom. The van der Waals surface area contributed by atoms with Crippen molar-refractivity contribution in [2.24, 2.45) is 0 Å². The fraction of sp³-hybridized carbons (Fsp3) is 0.375. The number of hydrogen-bond acceptors (Lipinski definition) is 4. The lowest BCUT2D eigenvalue weighted by Gasteiger charge is -1.95. The molecule has 0 amide bonds. The summed E-state index contributed by atoms with van der Waals surface area (Å²) < 4.78 is 26.9. The Balaban J connectivity index is 4.85. The second-order valence-corrected chi connectivity index (χ2v) is 4.36. The Morgan fingerprint density at radius 1 is 1.62 bits per heavy atom. The summed E-state index contributed by atoms with van der Waals surface area (Å²) in [6.45, 7) is 1.49. The van der Waals surface area contributed by atoms with Gasteiger partial charge in [0.05, 0.1) is 19.1 Å². The molecule has 0 saturated heterocycles. The first-order valence-electron chi connectivity index (χ1n) is 3.61. The quantitative estimate of drug-likeness (QED) is 0.386. The summed E-state index contributed by atoms with van der Waals surface area (Å²) in [5.41, 5.74) is 0. The molecule has 4 nitrogen and oxygen atoms in total. The minimum atomic E-state index is -3.40. The lowest BCUT2D eigenvalue weighted by molar-refractivity contribution is 0.338. The van der Waals surface area contributed by atoms with E-state index in [-0.39, 0.29) is 10.7 Å². The maximum atomic E-state index is 11.2. The monoisotopic (exact) mass is 201 g/mol. The summed E-state index contributed by atoms with van der Waals surface area (Å²) in [4.78, 5) is -0.247. The Morgan fingerprint density at radius 3 is 2.62 bits per heavy atom. The molecule has 0 aliphatic heterocycles. The number of methoxy groups -OCH3 is 1. The molecular formula is C8H11NO3S. The number of ether oxygens (including phenoxy) is 1. The van der Waals surface area contributed by atoms with E-state index in [0.717, 1.165) is 0 Å². The van der Waals surface area contributed by atoms with Gasteiger partial charge in [0, 0.05) is 0 Å². The summed E-state index contributed by atoms with van der Waals surface area (Å²) in [5, 5.41) is 8.52. The van der Waals surface area contributed by atoms with E-state index in [2.05, 4.69) is 4.74 Å². The van der Waals surface area contributed by atoms with Crippen LogP contribution in [0.3, 0.4) is 0 Å². The summed E-state index contributed by atoms with van der Waals surface area (Å²) in [7, 11) is -1.96. The Bertz CT molecular complexity index is 346. The van der Waals surface area contributed by atoms with Gasteiger partial charge in [0.1, 0.15) is 11.0 Å². The predicted molar refractivity (Wildman–Crippen MR) is 49.3 cm³/mol. The van der Waals surface area contributed by atoms with Crippen LogP contribution >= 0.6 is 0 Å². The Kier molecular flexibility index (Phi) is 4.85. The van der Waals surface area contributed by atoms with E-state index in [0.29, 0.717) is 0 Å². The molecule has 0 heterocycles. The molecule has 0 N–H and O–H groups in total. The fourth-order valence-corrected chi connectivity index (χ4v) is 1.31. The van der Waals surface area contributed by atoms with Crippen LogP contribution in [0.5, 0.6) is 0 Å². The van der Waals surface area contributed by atoms with Crippen molar-refractivity contribution in [2.75, 3.05) is 12.9 Å². The lowest BCUT2D eigenvalue weighted by atomic mass is 10.5. The van der Waals surface area contributed by atoms with Gasteiger partial charge in [0.2, 0.25) is 0 Å². The zero-order chi connectivity index (χ0) is 10.3. The first-order chi connectivity index (χ1) is 6.08. The van der Waals surface area contributed by atoms with Crippen molar-refractivity contribution in [1.82, 2.24) is 0 Å². The fourth-order valence-electron chi connectivity index (χ4n) is 0.571. The van der Waals surface area contributed by atoms with Gasteiger partial charge >= 0.3 is 0 Å². The third-order valence-electron chi connectivity index (χ3n) is 1.29. The van der Waals surface area contributed by atoms with Crippen LogP contribution in [-0.2, 0) is 14.6 Å². The molecule has 0 fully saturated rings. The van der Waals surface area contributed by atoms with Gasteiger partial charge in [-0.3, -0.25) is 0 Å². The molecule has 0 rings (SSSR count). The SMILES string of the molecule is CCS(=O)(=O)C(C#N)=CC=COC. The lowest BCUT2D eigenvalue weighted by Crippen LogP contribution is -2.04. The maximum absolute atomic E-state index is 11.2. The third-order valence-corrected chi connectivity index (χ3v) is 2.95. The molecule has 0 aromatic heterocycles. The van der Waals surface area contributed by atoms with Gasteiger partial charge in [-0.15, -0.1) is 0 Å². The van der Waals surface area contributed by atoms with Gasteiger partial charge in [0.15, 0.2) is 9.84 Å². The summed E-state index contributed by atoms with van der Waals surface area (Å²) in [6.07, 6.45) is 3.87. The van der Waals surface area contributed by atoms with E-state index >= 15 is 0 Å². The second-order valence-electron chi connectivity index (χ2n) is 2.11. The predicted octanol–water partition coefficient (Wildman–Crippen LogP) is 0.989. The van der Waals surface area contributed by atoms with Crippen molar-refractivity contribution < 1.29 is 13.2 Å². The average Bonchev–Trinajstić information content (AvgIpc) is 2.12. The molecule has 0 unspecified atom stereocenters. The molecule has 0 aliphatic rings. The van der Waals surface area contributed by atoms with Crippen molar-refractivity contribution in [3.05, 3.63) is 23.3 Å². The van der Waals surface area contributed by atoms with Gasteiger partial charge in [-0.2, -0.15) is 5.26 Å². The van der Waals surface area contributed by atoms with Crippen LogP contribution in [0.1, 0.15) is 6.92 Å². The molecule has 0 aromatic carbocycles. The number of nitrogens with zero attached hydrogens (tertiary/aromatic N) is 1. The van der Waals surface area contributed by atoms with Crippen LogP contribution < -0.4 is 0 Å². The van der Waals surface area contributed by atoms with Crippen LogP contribution in [0.15, 0.2) is 23.3 Å². The van der Waals surface area contributed by atoms with E-state index in [1.807, 2.05) is 0 Å². The molecule has 5 heteroatoms. The summed E-state index contributed by atoms with van der Waals surface area (Å²) >= 11 is 0. The van der Waals surface area contributed by atoms with E-state index in [4.69, 9.17) is 5.26 Å². The van der Waals surface area contributed by atoms with Crippen molar-refractivity contribution in [3.63, 3.8) is 0 Å². The highest BCUT2D eigenvalue weighted by Crippen LogP contribution is 2.05. The first-order valence-corrected chi connectivity index (χ1v) is 5.26. The van der Waals surface area contributed by atoms with Crippen LogP contribution in [-0.4, -0.2) is 21.3 Å². The third kappa shape index (κ3) is 3.76. The zero-order valence-electron chi connectivity index (χ0n) is 7.52. The summed E-state index contributed by atoms with van der Waals surface area (Å²) in [5.74, 6) is -0.0762. The minimum absolute atomic E-state index is 0.0762. The van der Waals surface area contributed by atoms with Crippen LogP contribution in [0.4, 0.5) is 0 Å². The Labute approximate surface area is 78.0 Å². The maximum Gasteiger partial charge on any atom is 0.188 e. The normalized spacial score (nSPS) is 12.8. The van der Waals surface area contributed by atoms with Gasteiger partial charge in [-0.1, -0.05) is 6.92 Å². The summed E-state index contributed by atoms with van der Waals surface area (Å²) in [6, 6.07) is 1.62. The number of nitriles is 1. The van der Waals surface area contributed by atoms with E-state index in [1.54, 1.807) is 6.07 Å². The highest BCUT2D eigenvalue weighted by molar-refractivity contribution is 7.95. The number of hydrogen-bond donors (Lipinski definition) is 0. The molecule has 0 atom stereocenters. The minimum Gasteiger partial charge on any atom is -0.504 e. The number of sulfone groups is 1. The molecule has 0 bridgehead atoms. The largest absolute Gasteiger partial charge is 0.504 e. The van der Waals surface area contributed by atoms with E-state index in [9.17, 15) is 8.42 Å². The van der Waals surface area contributed by atoms with Crippen LogP contribution in [0.25, 0.3) is 0 Å². The van der Waals surface area contributed by atoms with Gasteiger partial charge in [0.25, 0.3) is 0 Å². The highest BCUT2D eigenvalue weighted by Gasteiger charge is 2.13. The average molecular weight is 201 g/mol. The molecule has 0 saturated carbocycles. The van der Waals surface area contributed by atoms with Crippen molar-refractivity contribution in [1.29, 1.82) is 5.26 Å². The van der Waals surface area contributed by atoms with Crippen LogP contribution in [0.2, 0.25) is 0 Å². The van der Waals surface area contributed by atoms with Gasteiger partial charge in [-0.25, -0.2) is 8.42 Å². The molecule has 0 radical (unpaired) electrons. The van der Waals surface area contributed by atoms with Crippen molar-refractivity contribution in [2.45, 2.75) is 6.92 Å². The zero-order valence-corrected chi connectivity index (χ0v) is 8.34. The van der Waals surface area contributed by atoms with E-state index in [1.165, 1.54) is 32.4 Å². The molecular weight excluding hydrogens is 190 g/mol. The Hall–Kier alpha value is -1.28. The van der Waals surface area contributed by atoms with Gasteiger partial charge < -0.3 is 4.74 Å². The smallest absolute Gasteiger partial charge is 0.188 e. The standard InChI is InChI=1S/C8H11NO3S/c1-3-13(10,11)8(7-9)5-4-6-12-2/h4-6H,3H2,1-2H3. The van der Waals surface area contributed by atoms with Crippen molar-refractivity contribution >= 4 is 9.84 Å². The number of rotatable bonds is 4. The number of allylic oxidation sites excluding steroid dienone is 3. The second kappa shape index (κ2) is 5.38. The molecule has 13 heavy (non-hydrogen) atoms. The topological polar surface area (TPSA) is 67.2 Å². The molecule has 0 aromatic rings. The first kappa shape index (κ1) is 11.7. The van der Waals surface area contributed by atoms with Crippen molar-refractivity contribution in [3.8, 4) is 6.07 Å². The molecule has 72 valence electrons.